The van der Waals surface area contributed by atoms with Gasteiger partial charge in [-0.05, 0) is 31.0 Å². The Morgan fingerprint density at radius 2 is 2.15 bits per heavy atom. The molecule has 0 unspecified atom stereocenters. The molecular weight excluding hydrogens is 282 g/mol. The standard InChI is InChI=1S/C14H16ClNO4/c1-20-12-7-8(5-6-10(12)15)13(17)16-11-4-2-3-9(11)14(18)19/h5-7,9,11H,2-4H2,1H3,(H,16,17)(H,18,19)/t9-,11+/m0/s1. The van der Waals surface area contributed by atoms with Gasteiger partial charge in [-0.2, -0.15) is 0 Å². The van der Waals surface area contributed by atoms with Crippen molar-refractivity contribution in [2.75, 3.05) is 7.11 Å². The van der Waals surface area contributed by atoms with Crippen LogP contribution in [-0.4, -0.2) is 30.1 Å². The highest BCUT2D eigenvalue weighted by Gasteiger charge is 2.34. The molecule has 2 rings (SSSR count). The van der Waals surface area contributed by atoms with E-state index in [2.05, 4.69) is 5.32 Å². The lowest BCUT2D eigenvalue weighted by Gasteiger charge is -2.17. The van der Waals surface area contributed by atoms with Crippen LogP contribution in [-0.2, 0) is 4.79 Å². The van der Waals surface area contributed by atoms with E-state index in [0.29, 0.717) is 29.2 Å². The van der Waals surface area contributed by atoms with Crippen molar-refractivity contribution in [1.82, 2.24) is 5.32 Å². The summed E-state index contributed by atoms with van der Waals surface area (Å²) in [5.41, 5.74) is 0.405. The number of carboxylic acid groups (broad SMARTS) is 1. The molecule has 0 spiro atoms. The number of benzene rings is 1. The maximum absolute atomic E-state index is 12.1. The highest BCUT2D eigenvalue weighted by Crippen LogP contribution is 2.27. The zero-order chi connectivity index (χ0) is 14.7. The molecule has 0 radical (unpaired) electrons. The van der Waals surface area contributed by atoms with Crippen molar-refractivity contribution in [3.8, 4) is 5.75 Å². The smallest absolute Gasteiger partial charge is 0.308 e. The lowest BCUT2D eigenvalue weighted by atomic mass is 10.0. The number of carbonyl (C=O) groups is 2. The zero-order valence-corrected chi connectivity index (χ0v) is 11.8. The van der Waals surface area contributed by atoms with E-state index in [-0.39, 0.29) is 11.9 Å². The summed E-state index contributed by atoms with van der Waals surface area (Å²) in [7, 11) is 1.47. The Kier molecular flexibility index (Phi) is 4.49. The van der Waals surface area contributed by atoms with Crippen molar-refractivity contribution < 1.29 is 19.4 Å². The zero-order valence-electron chi connectivity index (χ0n) is 11.1. The van der Waals surface area contributed by atoms with Gasteiger partial charge in [-0.15, -0.1) is 0 Å². The number of amides is 1. The van der Waals surface area contributed by atoms with Crippen LogP contribution in [0.15, 0.2) is 18.2 Å². The average molecular weight is 298 g/mol. The Morgan fingerprint density at radius 3 is 2.80 bits per heavy atom. The summed E-state index contributed by atoms with van der Waals surface area (Å²) in [4.78, 5) is 23.2. The minimum absolute atomic E-state index is 0.307. The molecule has 2 atom stereocenters. The highest BCUT2D eigenvalue weighted by molar-refractivity contribution is 6.32. The topological polar surface area (TPSA) is 75.6 Å². The van der Waals surface area contributed by atoms with Crippen molar-refractivity contribution in [3.63, 3.8) is 0 Å². The predicted molar refractivity (Wildman–Crippen MR) is 74.2 cm³/mol. The largest absolute Gasteiger partial charge is 0.495 e. The molecule has 20 heavy (non-hydrogen) atoms. The first-order valence-corrected chi connectivity index (χ1v) is 6.78. The van der Waals surface area contributed by atoms with Crippen LogP contribution >= 0.6 is 11.6 Å². The van der Waals surface area contributed by atoms with Crippen molar-refractivity contribution in [2.24, 2.45) is 5.92 Å². The van der Waals surface area contributed by atoms with Crippen LogP contribution in [0.3, 0.4) is 0 Å². The molecule has 1 aliphatic carbocycles. The average Bonchev–Trinajstić information content (AvgIpc) is 2.87. The first-order valence-electron chi connectivity index (χ1n) is 6.40. The molecule has 5 nitrogen and oxygen atoms in total. The molecule has 0 bridgehead atoms. The number of methoxy groups -OCH3 is 1. The predicted octanol–water partition coefficient (Wildman–Crippen LogP) is 2.33. The normalized spacial score (nSPS) is 21.5. The Labute approximate surface area is 121 Å². The third-order valence-electron chi connectivity index (χ3n) is 3.56. The van der Waals surface area contributed by atoms with E-state index in [1.807, 2.05) is 0 Å². The summed E-state index contributed by atoms with van der Waals surface area (Å²) in [6.45, 7) is 0. The van der Waals surface area contributed by atoms with Gasteiger partial charge in [-0.25, -0.2) is 0 Å². The number of carboxylic acids is 1. The molecular formula is C14H16ClNO4. The molecule has 0 aliphatic heterocycles. The molecule has 108 valence electrons. The summed E-state index contributed by atoms with van der Waals surface area (Å²) in [5.74, 6) is -1.26. The summed E-state index contributed by atoms with van der Waals surface area (Å²) in [6.07, 6.45) is 2.10. The van der Waals surface area contributed by atoms with Crippen molar-refractivity contribution in [3.05, 3.63) is 28.8 Å². The third kappa shape index (κ3) is 3.04. The molecule has 0 heterocycles. The number of halogens is 1. The van der Waals surface area contributed by atoms with E-state index in [0.717, 1.165) is 6.42 Å². The Bertz CT molecular complexity index is 532. The van der Waals surface area contributed by atoms with Gasteiger partial charge < -0.3 is 15.2 Å². The molecule has 1 aromatic carbocycles. The molecule has 6 heteroatoms. The van der Waals surface area contributed by atoms with Crippen LogP contribution < -0.4 is 10.1 Å². The van der Waals surface area contributed by atoms with Crippen molar-refractivity contribution in [1.29, 1.82) is 0 Å². The van der Waals surface area contributed by atoms with Gasteiger partial charge in [0.15, 0.2) is 0 Å². The van der Waals surface area contributed by atoms with Crippen LogP contribution in [0.25, 0.3) is 0 Å². The van der Waals surface area contributed by atoms with Crippen LogP contribution in [0.5, 0.6) is 5.75 Å². The first-order chi connectivity index (χ1) is 9.52. The lowest BCUT2D eigenvalue weighted by Crippen LogP contribution is -2.40. The second-order valence-electron chi connectivity index (χ2n) is 4.80. The molecule has 1 amide bonds. The first kappa shape index (κ1) is 14.7. The number of hydrogen-bond donors (Lipinski definition) is 2. The fraction of sp³-hybridized carbons (Fsp3) is 0.429. The minimum Gasteiger partial charge on any atom is -0.495 e. The molecule has 0 aromatic heterocycles. The number of nitrogens with one attached hydrogen (secondary N) is 1. The van der Waals surface area contributed by atoms with Gasteiger partial charge in [0.1, 0.15) is 5.75 Å². The lowest BCUT2D eigenvalue weighted by molar-refractivity contribution is -0.142. The van der Waals surface area contributed by atoms with Crippen molar-refractivity contribution >= 4 is 23.5 Å². The van der Waals surface area contributed by atoms with Gasteiger partial charge in [0.05, 0.1) is 18.1 Å². The number of rotatable bonds is 4. The van der Waals surface area contributed by atoms with E-state index in [4.69, 9.17) is 21.4 Å². The molecule has 2 N–H and O–H groups in total. The van der Waals surface area contributed by atoms with Crippen LogP contribution in [0.2, 0.25) is 5.02 Å². The fourth-order valence-corrected chi connectivity index (χ4v) is 2.68. The SMILES string of the molecule is COc1cc(C(=O)N[C@@H]2CCC[C@@H]2C(=O)O)ccc1Cl. The van der Waals surface area contributed by atoms with Gasteiger partial charge >= 0.3 is 5.97 Å². The Hall–Kier alpha value is -1.75. The van der Waals surface area contributed by atoms with Gasteiger partial charge in [0.2, 0.25) is 0 Å². The number of aliphatic carboxylic acids is 1. The second kappa shape index (κ2) is 6.13. The number of hydrogen-bond acceptors (Lipinski definition) is 3. The molecule has 1 aliphatic rings. The van der Waals surface area contributed by atoms with E-state index >= 15 is 0 Å². The molecule has 0 saturated heterocycles. The van der Waals surface area contributed by atoms with Crippen LogP contribution in [0.1, 0.15) is 29.6 Å². The van der Waals surface area contributed by atoms with E-state index in [9.17, 15) is 9.59 Å². The summed E-state index contributed by atoms with van der Waals surface area (Å²) >= 11 is 5.90. The van der Waals surface area contributed by atoms with E-state index < -0.39 is 11.9 Å². The van der Waals surface area contributed by atoms with E-state index in [1.165, 1.54) is 7.11 Å². The maximum Gasteiger partial charge on any atom is 0.308 e. The minimum atomic E-state index is -0.860. The highest BCUT2D eigenvalue weighted by atomic mass is 35.5. The summed E-state index contributed by atoms with van der Waals surface area (Å²) in [6, 6.07) is 4.40. The van der Waals surface area contributed by atoms with Crippen molar-refractivity contribution in [2.45, 2.75) is 25.3 Å². The number of ether oxygens (including phenoxy) is 1. The summed E-state index contributed by atoms with van der Waals surface area (Å²) < 4.78 is 5.06. The van der Waals surface area contributed by atoms with Gasteiger partial charge in [0, 0.05) is 11.6 Å². The third-order valence-corrected chi connectivity index (χ3v) is 3.88. The second-order valence-corrected chi connectivity index (χ2v) is 5.21. The molecule has 1 fully saturated rings. The quantitative estimate of drug-likeness (QED) is 0.894. The van der Waals surface area contributed by atoms with Crippen LogP contribution in [0, 0.1) is 5.92 Å². The van der Waals surface area contributed by atoms with Gasteiger partial charge in [-0.1, -0.05) is 18.0 Å². The number of carbonyl (C=O) groups excluding carboxylic acids is 1. The molecule has 1 saturated carbocycles. The Morgan fingerprint density at radius 1 is 1.40 bits per heavy atom. The van der Waals surface area contributed by atoms with Gasteiger partial charge in [-0.3, -0.25) is 9.59 Å². The summed E-state index contributed by atoms with van der Waals surface area (Å²) in [5, 5.41) is 12.3. The van der Waals surface area contributed by atoms with Gasteiger partial charge in [0.25, 0.3) is 5.91 Å². The monoisotopic (exact) mass is 297 g/mol. The fourth-order valence-electron chi connectivity index (χ4n) is 2.48. The Balaban J connectivity index is 2.10. The van der Waals surface area contributed by atoms with Crippen LogP contribution in [0.4, 0.5) is 0 Å². The molecule has 1 aromatic rings. The van der Waals surface area contributed by atoms with E-state index in [1.54, 1.807) is 18.2 Å². The maximum atomic E-state index is 12.1.